The zero-order valence-electron chi connectivity index (χ0n) is 5.59. The molecule has 0 N–H and O–H groups in total. The van der Waals surface area contributed by atoms with Crippen molar-refractivity contribution in [3.63, 3.8) is 0 Å². The lowest BCUT2D eigenvalue weighted by molar-refractivity contribution is -0.113. The van der Waals surface area contributed by atoms with Crippen LogP contribution in [-0.2, 0) is 4.79 Å². The van der Waals surface area contributed by atoms with E-state index in [1.165, 1.54) is 0 Å². The molecule has 0 heterocycles. The minimum absolute atomic E-state index is 0.441. The predicted octanol–water partition coefficient (Wildman–Crippen LogP) is 1.93. The minimum Gasteiger partial charge on any atom is -0.303 e. The van der Waals surface area contributed by atoms with E-state index in [2.05, 4.69) is 0 Å². The molecular weight excluding hydrogens is 155 g/mol. The molecule has 0 aromatic carbocycles. The molecule has 1 aliphatic rings. The molecule has 3 heteroatoms. The van der Waals surface area contributed by atoms with Gasteiger partial charge in [0.1, 0.15) is 12.5 Å². The number of hydrogen-bond donors (Lipinski definition) is 0. The van der Waals surface area contributed by atoms with Crippen molar-refractivity contribution in [3.8, 4) is 0 Å². The monoisotopic (exact) mass is 164 g/mol. The molecule has 1 aliphatic carbocycles. The molecule has 1 fully saturated rings. The molecule has 58 valence electrons. The van der Waals surface area contributed by atoms with E-state index in [9.17, 15) is 9.18 Å². The maximum atomic E-state index is 12.9. The van der Waals surface area contributed by atoms with Crippen molar-refractivity contribution in [2.24, 2.45) is 5.92 Å². The first-order valence-corrected chi connectivity index (χ1v) is 3.93. The van der Waals surface area contributed by atoms with Gasteiger partial charge in [-0.2, -0.15) is 0 Å². The molecule has 1 nitrogen and oxygen atoms in total. The van der Waals surface area contributed by atoms with Crippen LogP contribution >= 0.6 is 11.6 Å². The van der Waals surface area contributed by atoms with Crippen molar-refractivity contribution >= 4 is 17.9 Å². The van der Waals surface area contributed by atoms with Gasteiger partial charge in [0.2, 0.25) is 0 Å². The van der Waals surface area contributed by atoms with Gasteiger partial charge in [-0.3, -0.25) is 0 Å². The van der Waals surface area contributed by atoms with Gasteiger partial charge < -0.3 is 4.79 Å². The lowest BCUT2D eigenvalue weighted by atomic mass is 9.88. The van der Waals surface area contributed by atoms with Crippen LogP contribution in [0.1, 0.15) is 19.3 Å². The Bertz CT molecular complexity index is 129. The average molecular weight is 165 g/mol. The first kappa shape index (κ1) is 7.99. The molecule has 0 spiro atoms. The summed E-state index contributed by atoms with van der Waals surface area (Å²) in [6, 6.07) is 0. The fraction of sp³-hybridized carbons (Fsp3) is 0.857. The number of alkyl halides is 2. The Morgan fingerprint density at radius 3 is 2.70 bits per heavy atom. The van der Waals surface area contributed by atoms with Crippen LogP contribution < -0.4 is 0 Å². The smallest absolute Gasteiger partial charge is 0.126 e. The highest BCUT2D eigenvalue weighted by Crippen LogP contribution is 2.29. The van der Waals surface area contributed by atoms with E-state index in [1.54, 1.807) is 0 Å². The second-order valence-electron chi connectivity index (χ2n) is 2.69. The Morgan fingerprint density at radius 2 is 2.20 bits per heavy atom. The highest BCUT2D eigenvalue weighted by atomic mass is 35.5. The lowest BCUT2D eigenvalue weighted by Crippen LogP contribution is -2.31. The summed E-state index contributed by atoms with van der Waals surface area (Å²) < 4.78 is 12.9. The Labute approximate surface area is 64.6 Å². The van der Waals surface area contributed by atoms with Crippen LogP contribution in [0.3, 0.4) is 0 Å². The third-order valence-corrected chi connectivity index (χ3v) is 2.41. The maximum absolute atomic E-state index is 12.9. The third-order valence-electron chi connectivity index (χ3n) is 1.95. The fourth-order valence-electron chi connectivity index (χ4n) is 1.28. The zero-order chi connectivity index (χ0) is 7.56. The summed E-state index contributed by atoms with van der Waals surface area (Å²) in [5.41, 5.74) is 0. The normalized spacial score (nSPS) is 41.2. The van der Waals surface area contributed by atoms with Gasteiger partial charge in [0, 0.05) is 5.92 Å². The second kappa shape index (κ2) is 3.33. The molecule has 0 aromatic heterocycles. The van der Waals surface area contributed by atoms with Gasteiger partial charge in [-0.15, -0.1) is 11.6 Å². The summed E-state index contributed by atoms with van der Waals surface area (Å²) in [6.07, 6.45) is 1.80. The molecule has 1 saturated carbocycles. The number of aldehydes is 1. The molecule has 1 rings (SSSR count). The van der Waals surface area contributed by atoms with E-state index in [4.69, 9.17) is 11.6 Å². The Morgan fingerprint density at radius 1 is 1.50 bits per heavy atom. The number of carbonyl (C=O) groups excluding carboxylic acids is 1. The van der Waals surface area contributed by atoms with Gasteiger partial charge >= 0.3 is 0 Å². The van der Waals surface area contributed by atoms with E-state index in [1.807, 2.05) is 0 Å². The van der Waals surface area contributed by atoms with Gasteiger partial charge in [-0.25, -0.2) is 4.39 Å². The van der Waals surface area contributed by atoms with Gasteiger partial charge in [-0.05, 0) is 12.8 Å². The van der Waals surface area contributed by atoms with Crippen molar-refractivity contribution in [2.45, 2.75) is 30.8 Å². The van der Waals surface area contributed by atoms with E-state index >= 15 is 0 Å². The van der Waals surface area contributed by atoms with Crippen LogP contribution in [0.2, 0.25) is 0 Å². The first-order chi connectivity index (χ1) is 4.75. The SMILES string of the molecule is O=CC1CCCC(Cl)C1F. The number of carbonyl (C=O) groups is 1. The standard InChI is InChI=1S/C7H10ClFO/c8-6-3-1-2-5(4-10)7(6)9/h4-7H,1-3H2. The quantitative estimate of drug-likeness (QED) is 0.428. The van der Waals surface area contributed by atoms with E-state index in [0.29, 0.717) is 19.1 Å². The van der Waals surface area contributed by atoms with Crippen LogP contribution in [0, 0.1) is 5.92 Å². The number of hydrogen-bond acceptors (Lipinski definition) is 1. The van der Waals surface area contributed by atoms with E-state index in [0.717, 1.165) is 6.42 Å². The molecule has 0 radical (unpaired) electrons. The maximum Gasteiger partial charge on any atom is 0.126 e. The van der Waals surface area contributed by atoms with Crippen molar-refractivity contribution in [3.05, 3.63) is 0 Å². The Balaban J connectivity index is 2.50. The van der Waals surface area contributed by atoms with Crippen LogP contribution in [-0.4, -0.2) is 17.8 Å². The van der Waals surface area contributed by atoms with Crippen LogP contribution in [0.5, 0.6) is 0 Å². The summed E-state index contributed by atoms with van der Waals surface area (Å²) in [7, 11) is 0. The van der Waals surface area contributed by atoms with Gasteiger partial charge in [-0.1, -0.05) is 6.42 Å². The molecule has 3 atom stereocenters. The molecule has 3 unspecified atom stereocenters. The third kappa shape index (κ3) is 1.48. The van der Waals surface area contributed by atoms with Crippen LogP contribution in [0.4, 0.5) is 4.39 Å². The summed E-state index contributed by atoms with van der Waals surface area (Å²) in [5.74, 6) is -0.448. The summed E-state index contributed by atoms with van der Waals surface area (Å²) >= 11 is 5.61. The van der Waals surface area contributed by atoms with Crippen molar-refractivity contribution in [1.29, 1.82) is 0 Å². The summed E-state index contributed by atoms with van der Waals surface area (Å²) in [5, 5.41) is -0.441. The Kier molecular flexibility index (Phi) is 2.66. The van der Waals surface area contributed by atoms with E-state index < -0.39 is 17.5 Å². The van der Waals surface area contributed by atoms with Crippen molar-refractivity contribution < 1.29 is 9.18 Å². The van der Waals surface area contributed by atoms with Crippen molar-refractivity contribution in [1.82, 2.24) is 0 Å². The lowest BCUT2D eigenvalue weighted by Gasteiger charge is -2.25. The van der Waals surface area contributed by atoms with Crippen molar-refractivity contribution in [2.75, 3.05) is 0 Å². The zero-order valence-corrected chi connectivity index (χ0v) is 6.35. The Hall–Kier alpha value is -0.110. The first-order valence-electron chi connectivity index (χ1n) is 3.49. The van der Waals surface area contributed by atoms with Gasteiger partial charge in [0.15, 0.2) is 0 Å². The van der Waals surface area contributed by atoms with Gasteiger partial charge in [0.05, 0.1) is 5.38 Å². The highest BCUT2D eigenvalue weighted by molar-refractivity contribution is 6.21. The number of rotatable bonds is 1. The summed E-state index contributed by atoms with van der Waals surface area (Å²) in [4.78, 5) is 10.2. The second-order valence-corrected chi connectivity index (χ2v) is 3.25. The largest absolute Gasteiger partial charge is 0.303 e. The van der Waals surface area contributed by atoms with Crippen LogP contribution in [0.15, 0.2) is 0 Å². The molecule has 0 amide bonds. The molecule has 0 aromatic rings. The van der Waals surface area contributed by atoms with Gasteiger partial charge in [0.25, 0.3) is 0 Å². The highest BCUT2D eigenvalue weighted by Gasteiger charge is 2.31. The molecule has 10 heavy (non-hydrogen) atoms. The minimum atomic E-state index is -1.12. The molecule has 0 aliphatic heterocycles. The molecular formula is C7H10ClFO. The predicted molar refractivity (Wildman–Crippen MR) is 37.9 cm³/mol. The average Bonchev–Trinajstić information content (AvgIpc) is 1.95. The van der Waals surface area contributed by atoms with Crippen LogP contribution in [0.25, 0.3) is 0 Å². The van der Waals surface area contributed by atoms with E-state index in [-0.39, 0.29) is 0 Å². The fourth-order valence-corrected chi connectivity index (χ4v) is 1.62. The number of halogens is 2. The summed E-state index contributed by atoms with van der Waals surface area (Å²) in [6.45, 7) is 0. The molecule has 0 saturated heterocycles. The molecule has 0 bridgehead atoms. The topological polar surface area (TPSA) is 17.1 Å².